The van der Waals surface area contributed by atoms with Crippen molar-refractivity contribution in [3.63, 3.8) is 0 Å². The number of thioether (sulfide) groups is 1. The minimum atomic E-state index is -0.564. The molecule has 1 atom stereocenters. The molecule has 0 aliphatic carbocycles. The van der Waals surface area contributed by atoms with Crippen LogP contribution in [-0.2, 0) is 4.79 Å². The third-order valence-electron chi connectivity index (χ3n) is 1.53. The molecule has 0 saturated heterocycles. The summed E-state index contributed by atoms with van der Waals surface area (Å²) in [6, 6.07) is 9.02. The highest BCUT2D eigenvalue weighted by molar-refractivity contribution is 8.04. The summed E-state index contributed by atoms with van der Waals surface area (Å²) in [4.78, 5) is 10.9. The summed E-state index contributed by atoms with van der Waals surface area (Å²) in [6.07, 6.45) is 0. The zero-order chi connectivity index (χ0) is 9.68. The van der Waals surface area contributed by atoms with Crippen molar-refractivity contribution in [3.05, 3.63) is 35.9 Å². The van der Waals surface area contributed by atoms with Crippen LogP contribution >= 0.6 is 11.8 Å². The number of hydrogen-bond acceptors (Lipinski definition) is 3. The third-order valence-corrected chi connectivity index (χ3v) is 2.38. The molecule has 0 heterocycles. The van der Waals surface area contributed by atoms with Gasteiger partial charge < -0.3 is 5.73 Å². The Morgan fingerprint density at radius 3 is 2.54 bits per heavy atom. The minimum Gasteiger partial charge on any atom is -0.368 e. The summed E-state index contributed by atoms with van der Waals surface area (Å²) in [5, 5.41) is 9.75. The van der Waals surface area contributed by atoms with E-state index in [4.69, 9.17) is 11.0 Å². The molecule has 3 nitrogen and oxygen atoms in total. The van der Waals surface area contributed by atoms with Crippen LogP contribution in [0.3, 0.4) is 0 Å². The molecule has 1 aromatic carbocycles. The predicted molar refractivity (Wildman–Crippen MR) is 51.6 cm³/mol. The van der Waals surface area contributed by atoms with Crippen LogP contribution in [0.5, 0.6) is 0 Å². The number of nitrogens with zero attached hydrogens (tertiary/aromatic N) is 1. The average Bonchev–Trinajstić information content (AvgIpc) is 2.15. The highest BCUT2D eigenvalue weighted by Gasteiger charge is 2.17. The Morgan fingerprint density at radius 1 is 1.46 bits per heavy atom. The molecule has 66 valence electrons. The van der Waals surface area contributed by atoms with E-state index in [0.29, 0.717) is 0 Å². The monoisotopic (exact) mass is 192 g/mol. The van der Waals surface area contributed by atoms with Crippen LogP contribution in [0.2, 0.25) is 0 Å². The fourth-order valence-electron chi connectivity index (χ4n) is 0.971. The number of carbonyl (C=O) groups excluding carboxylic acids is 1. The predicted octanol–water partition coefficient (Wildman–Crippen LogP) is 1.43. The third kappa shape index (κ3) is 2.49. The molecule has 0 radical (unpaired) electrons. The fourth-order valence-corrected chi connectivity index (χ4v) is 1.49. The average molecular weight is 192 g/mol. The van der Waals surface area contributed by atoms with Gasteiger partial charge in [-0.25, -0.2) is 0 Å². The van der Waals surface area contributed by atoms with E-state index in [-0.39, 0.29) is 0 Å². The van der Waals surface area contributed by atoms with Gasteiger partial charge in [-0.1, -0.05) is 30.3 Å². The van der Waals surface area contributed by atoms with Crippen LogP contribution in [0.1, 0.15) is 10.8 Å². The number of carbonyl (C=O) groups is 1. The summed E-state index contributed by atoms with van der Waals surface area (Å²) in [7, 11) is 0. The van der Waals surface area contributed by atoms with Crippen molar-refractivity contribution in [3.8, 4) is 5.40 Å². The molecule has 0 spiro atoms. The Morgan fingerprint density at radius 2 is 2.08 bits per heavy atom. The second-order valence-corrected chi connectivity index (χ2v) is 3.29. The van der Waals surface area contributed by atoms with Gasteiger partial charge in [0.2, 0.25) is 5.91 Å². The normalized spacial score (nSPS) is 11.6. The lowest BCUT2D eigenvalue weighted by Crippen LogP contribution is -2.18. The quantitative estimate of drug-likeness (QED) is 0.736. The lowest BCUT2D eigenvalue weighted by molar-refractivity contribution is -0.117. The van der Waals surface area contributed by atoms with Crippen molar-refractivity contribution >= 4 is 17.7 Å². The number of nitrogens with two attached hydrogens (primary N) is 1. The molecule has 13 heavy (non-hydrogen) atoms. The Kier molecular flexibility index (Phi) is 3.35. The molecular weight excluding hydrogens is 184 g/mol. The van der Waals surface area contributed by atoms with Gasteiger partial charge in [0, 0.05) is 0 Å². The number of primary amides is 1. The topological polar surface area (TPSA) is 66.9 Å². The first-order chi connectivity index (χ1) is 6.25. The van der Waals surface area contributed by atoms with Gasteiger partial charge in [0.25, 0.3) is 0 Å². The van der Waals surface area contributed by atoms with Crippen molar-refractivity contribution in [1.29, 1.82) is 5.26 Å². The first-order valence-corrected chi connectivity index (χ1v) is 4.52. The molecule has 1 rings (SSSR count). The lowest BCUT2D eigenvalue weighted by Gasteiger charge is -2.07. The summed E-state index contributed by atoms with van der Waals surface area (Å²) in [6.45, 7) is 0. The van der Waals surface area contributed by atoms with Gasteiger partial charge in [0.05, 0.1) is 0 Å². The van der Waals surface area contributed by atoms with Crippen LogP contribution in [0.4, 0.5) is 0 Å². The SMILES string of the molecule is N#CSC(C(N)=O)c1ccccc1. The zero-order valence-electron chi connectivity index (χ0n) is 6.81. The van der Waals surface area contributed by atoms with E-state index in [1.54, 1.807) is 12.1 Å². The number of hydrogen-bond donors (Lipinski definition) is 1. The number of nitriles is 1. The Bertz CT molecular complexity index is 331. The van der Waals surface area contributed by atoms with Gasteiger partial charge in [-0.05, 0) is 17.3 Å². The van der Waals surface area contributed by atoms with Crippen LogP contribution in [-0.4, -0.2) is 5.91 Å². The van der Waals surface area contributed by atoms with E-state index in [1.807, 2.05) is 23.6 Å². The van der Waals surface area contributed by atoms with Gasteiger partial charge >= 0.3 is 0 Å². The summed E-state index contributed by atoms with van der Waals surface area (Å²) < 4.78 is 0. The van der Waals surface area contributed by atoms with E-state index in [9.17, 15) is 4.79 Å². The van der Waals surface area contributed by atoms with Crippen molar-refractivity contribution in [2.75, 3.05) is 0 Å². The Balaban J connectivity index is 2.90. The minimum absolute atomic E-state index is 0.488. The highest BCUT2D eigenvalue weighted by atomic mass is 32.2. The molecule has 4 heteroatoms. The van der Waals surface area contributed by atoms with Crippen molar-refractivity contribution in [2.24, 2.45) is 5.73 Å². The number of rotatable bonds is 3. The lowest BCUT2D eigenvalue weighted by atomic mass is 10.1. The van der Waals surface area contributed by atoms with E-state index in [1.165, 1.54) is 0 Å². The van der Waals surface area contributed by atoms with Gasteiger partial charge in [-0.2, -0.15) is 5.26 Å². The molecule has 0 saturated carbocycles. The molecule has 1 amide bonds. The highest BCUT2D eigenvalue weighted by Crippen LogP contribution is 2.26. The van der Waals surface area contributed by atoms with Crippen molar-refractivity contribution in [2.45, 2.75) is 5.25 Å². The van der Waals surface area contributed by atoms with Crippen molar-refractivity contribution in [1.82, 2.24) is 0 Å². The van der Waals surface area contributed by atoms with Gasteiger partial charge in [-0.3, -0.25) is 4.79 Å². The number of benzene rings is 1. The molecular formula is C9H8N2OS. The van der Waals surface area contributed by atoms with Gasteiger partial charge in [0.15, 0.2) is 0 Å². The van der Waals surface area contributed by atoms with Crippen LogP contribution < -0.4 is 5.73 Å². The second-order valence-electron chi connectivity index (χ2n) is 2.40. The Hall–Kier alpha value is -1.47. The summed E-state index contributed by atoms with van der Waals surface area (Å²) in [5.41, 5.74) is 5.91. The maximum atomic E-state index is 10.9. The van der Waals surface area contributed by atoms with Crippen LogP contribution in [0.25, 0.3) is 0 Å². The van der Waals surface area contributed by atoms with Gasteiger partial charge in [0.1, 0.15) is 10.7 Å². The Labute approximate surface area is 80.5 Å². The largest absolute Gasteiger partial charge is 0.368 e. The first-order valence-electron chi connectivity index (χ1n) is 3.64. The van der Waals surface area contributed by atoms with Crippen molar-refractivity contribution < 1.29 is 4.79 Å². The summed E-state index contributed by atoms with van der Waals surface area (Å²) >= 11 is 0.869. The number of amides is 1. The van der Waals surface area contributed by atoms with E-state index in [0.717, 1.165) is 17.3 Å². The maximum Gasteiger partial charge on any atom is 0.236 e. The zero-order valence-corrected chi connectivity index (χ0v) is 7.62. The molecule has 1 unspecified atom stereocenters. The van der Waals surface area contributed by atoms with E-state index >= 15 is 0 Å². The molecule has 1 aromatic rings. The molecule has 0 bridgehead atoms. The first kappa shape index (κ1) is 9.62. The van der Waals surface area contributed by atoms with Crippen LogP contribution in [0.15, 0.2) is 30.3 Å². The van der Waals surface area contributed by atoms with E-state index in [2.05, 4.69) is 0 Å². The fraction of sp³-hybridized carbons (Fsp3) is 0.111. The van der Waals surface area contributed by atoms with Gasteiger partial charge in [-0.15, -0.1) is 0 Å². The molecule has 0 aromatic heterocycles. The molecule has 2 N–H and O–H groups in total. The molecule has 0 aliphatic rings. The smallest absolute Gasteiger partial charge is 0.236 e. The van der Waals surface area contributed by atoms with E-state index < -0.39 is 11.2 Å². The summed E-state index contributed by atoms with van der Waals surface area (Å²) in [5.74, 6) is -0.488. The standard InChI is InChI=1S/C9H8N2OS/c10-6-13-8(9(11)12)7-4-2-1-3-5-7/h1-5,8H,(H2,11,12). The second kappa shape index (κ2) is 4.53. The number of thiocyanates is 1. The van der Waals surface area contributed by atoms with Crippen LogP contribution in [0, 0.1) is 10.7 Å². The molecule has 0 fully saturated rings. The maximum absolute atomic E-state index is 10.9. The molecule has 0 aliphatic heterocycles.